The third-order valence-electron chi connectivity index (χ3n) is 4.22. The monoisotopic (exact) mass is 399 g/mol. The lowest BCUT2D eigenvalue weighted by molar-refractivity contribution is 0.0253. The predicted molar refractivity (Wildman–Crippen MR) is 107 cm³/mol. The van der Waals surface area contributed by atoms with Crippen LogP contribution in [-0.2, 0) is 4.74 Å². The molecule has 0 saturated carbocycles. The lowest BCUT2D eigenvalue weighted by Crippen LogP contribution is -2.39. The van der Waals surface area contributed by atoms with Gasteiger partial charge in [0.15, 0.2) is 0 Å². The van der Waals surface area contributed by atoms with Gasteiger partial charge in [-0.25, -0.2) is 4.79 Å². The minimum Gasteiger partial charge on any atom is -0.496 e. The van der Waals surface area contributed by atoms with Crippen LogP contribution in [0.2, 0.25) is 10.0 Å². The van der Waals surface area contributed by atoms with E-state index in [1.165, 1.54) is 0 Å². The van der Waals surface area contributed by atoms with Gasteiger partial charge in [0.2, 0.25) is 0 Å². The zero-order valence-corrected chi connectivity index (χ0v) is 17.7. The molecule has 1 aliphatic rings. The molecule has 0 unspecified atom stereocenters. The average molecular weight is 400 g/mol. The number of nitrogens with zero attached hydrogens (tertiary/aromatic N) is 1. The maximum atomic E-state index is 12.7. The number of ether oxygens (including phenoxy) is 2. The van der Waals surface area contributed by atoms with Gasteiger partial charge in [-0.1, -0.05) is 34.9 Å². The summed E-state index contributed by atoms with van der Waals surface area (Å²) >= 11 is 12.7. The molecule has 6 heteroatoms. The van der Waals surface area contributed by atoms with Crippen molar-refractivity contribution in [3.05, 3.63) is 39.4 Å². The van der Waals surface area contributed by atoms with Crippen LogP contribution in [0.25, 0.3) is 0 Å². The summed E-state index contributed by atoms with van der Waals surface area (Å²) in [6.07, 6.45) is 2.51. The molecule has 0 N–H and O–H groups in total. The van der Waals surface area contributed by atoms with Crippen LogP contribution in [0.1, 0.15) is 52.5 Å². The van der Waals surface area contributed by atoms with Crippen LogP contribution in [0.4, 0.5) is 4.79 Å². The second-order valence-electron chi connectivity index (χ2n) is 7.85. The quantitative estimate of drug-likeness (QED) is 0.579. The minimum absolute atomic E-state index is 0.0178. The number of rotatable bonds is 3. The van der Waals surface area contributed by atoms with Gasteiger partial charge in [-0.2, -0.15) is 0 Å². The Morgan fingerprint density at radius 1 is 1.27 bits per heavy atom. The van der Waals surface area contributed by atoms with Crippen molar-refractivity contribution in [3.8, 4) is 5.75 Å². The number of hydrogen-bond acceptors (Lipinski definition) is 3. The fraction of sp³-hybridized carbons (Fsp3) is 0.550. The molecule has 2 rings (SSSR count). The fourth-order valence-corrected chi connectivity index (χ4v) is 3.73. The lowest BCUT2D eigenvalue weighted by Gasteiger charge is -2.27. The molecule has 1 saturated heterocycles. The predicted octanol–water partition coefficient (Wildman–Crippen LogP) is 6.06. The first-order chi connectivity index (χ1) is 12.0. The lowest BCUT2D eigenvalue weighted by atomic mass is 9.94. The molecule has 26 heavy (non-hydrogen) atoms. The van der Waals surface area contributed by atoms with E-state index in [4.69, 9.17) is 32.7 Å². The minimum atomic E-state index is -0.546. The highest BCUT2D eigenvalue weighted by molar-refractivity contribution is 6.42. The standard InChI is InChI=1S/C20H27Cl2NO3/c1-12(2)9-14-10-13(11-23(14)19(24)26-20(3,4)5)17-16(25-6)8-7-15(21)18(17)22/h7-9,13-14H,10-11H2,1-6H3/t13-,14+/m0/s1. The highest BCUT2D eigenvalue weighted by Crippen LogP contribution is 2.44. The van der Waals surface area contributed by atoms with E-state index in [0.29, 0.717) is 22.3 Å². The zero-order valence-electron chi connectivity index (χ0n) is 16.2. The Labute approximate surface area is 166 Å². The maximum absolute atomic E-state index is 12.7. The number of likely N-dealkylation sites (tertiary alicyclic amines) is 1. The fourth-order valence-electron chi connectivity index (χ4n) is 3.26. The van der Waals surface area contributed by atoms with Gasteiger partial charge >= 0.3 is 6.09 Å². The summed E-state index contributed by atoms with van der Waals surface area (Å²) in [4.78, 5) is 14.5. The van der Waals surface area contributed by atoms with Crippen LogP contribution in [0, 0.1) is 0 Å². The van der Waals surface area contributed by atoms with Crippen LogP contribution in [0.5, 0.6) is 5.75 Å². The van der Waals surface area contributed by atoms with Gasteiger partial charge in [-0.3, -0.25) is 0 Å². The number of allylic oxidation sites excluding steroid dienone is 1. The van der Waals surface area contributed by atoms with Crippen molar-refractivity contribution in [2.75, 3.05) is 13.7 Å². The van der Waals surface area contributed by atoms with E-state index < -0.39 is 5.60 Å². The van der Waals surface area contributed by atoms with Crippen molar-refractivity contribution in [1.82, 2.24) is 4.90 Å². The number of carbonyl (C=O) groups excluding carboxylic acids is 1. The first kappa shape index (κ1) is 20.9. The van der Waals surface area contributed by atoms with Crippen LogP contribution in [-0.4, -0.2) is 36.3 Å². The Bertz CT molecular complexity index is 706. The highest BCUT2D eigenvalue weighted by Gasteiger charge is 2.39. The highest BCUT2D eigenvalue weighted by atomic mass is 35.5. The summed E-state index contributed by atoms with van der Waals surface area (Å²) in [5, 5.41) is 0.968. The molecule has 1 fully saturated rings. The van der Waals surface area contributed by atoms with E-state index in [2.05, 4.69) is 6.08 Å². The molecule has 1 aromatic carbocycles. The Balaban J connectivity index is 2.38. The molecule has 0 aromatic heterocycles. The molecule has 1 aliphatic heterocycles. The second kappa shape index (κ2) is 8.10. The molecule has 4 nitrogen and oxygen atoms in total. The van der Waals surface area contributed by atoms with E-state index >= 15 is 0 Å². The summed E-state index contributed by atoms with van der Waals surface area (Å²) in [5.41, 5.74) is 1.45. The molecule has 0 spiro atoms. The van der Waals surface area contributed by atoms with E-state index in [0.717, 1.165) is 17.6 Å². The van der Waals surface area contributed by atoms with Gasteiger partial charge in [0.25, 0.3) is 0 Å². The van der Waals surface area contributed by atoms with Gasteiger partial charge in [0.1, 0.15) is 11.4 Å². The molecule has 1 amide bonds. The van der Waals surface area contributed by atoms with Crippen LogP contribution in [0.3, 0.4) is 0 Å². The summed E-state index contributed by atoms with van der Waals surface area (Å²) in [5.74, 6) is 0.704. The van der Waals surface area contributed by atoms with Crippen LogP contribution < -0.4 is 4.74 Å². The average Bonchev–Trinajstić information content (AvgIpc) is 2.90. The number of benzene rings is 1. The van der Waals surface area contributed by atoms with Gasteiger partial charge in [-0.05, 0) is 53.2 Å². The van der Waals surface area contributed by atoms with Crippen LogP contribution >= 0.6 is 23.2 Å². The molecule has 0 radical (unpaired) electrons. The summed E-state index contributed by atoms with van der Waals surface area (Å²) in [6, 6.07) is 3.48. The first-order valence-electron chi connectivity index (χ1n) is 8.70. The summed E-state index contributed by atoms with van der Waals surface area (Å²) < 4.78 is 11.1. The van der Waals surface area contributed by atoms with Crippen molar-refractivity contribution in [2.24, 2.45) is 0 Å². The molecular formula is C20H27Cl2NO3. The Kier molecular flexibility index (Phi) is 6.51. The van der Waals surface area contributed by atoms with E-state index in [1.807, 2.05) is 40.7 Å². The largest absolute Gasteiger partial charge is 0.496 e. The third kappa shape index (κ3) is 4.86. The Hall–Kier alpha value is -1.39. The SMILES string of the molecule is COc1ccc(Cl)c(Cl)c1[C@H]1C[C@@H](C=C(C)C)N(C(=O)OC(C)(C)C)C1. The smallest absolute Gasteiger partial charge is 0.410 e. The van der Waals surface area contributed by atoms with Crippen molar-refractivity contribution in [3.63, 3.8) is 0 Å². The Morgan fingerprint density at radius 2 is 1.92 bits per heavy atom. The number of methoxy groups -OCH3 is 1. The summed E-state index contributed by atoms with van der Waals surface area (Å²) in [7, 11) is 1.61. The molecule has 0 aliphatic carbocycles. The second-order valence-corrected chi connectivity index (χ2v) is 8.64. The van der Waals surface area contributed by atoms with E-state index in [1.54, 1.807) is 18.1 Å². The molecule has 0 bridgehead atoms. The topological polar surface area (TPSA) is 38.8 Å². The van der Waals surface area contributed by atoms with Crippen LogP contribution in [0.15, 0.2) is 23.8 Å². The van der Waals surface area contributed by atoms with Gasteiger partial charge < -0.3 is 14.4 Å². The maximum Gasteiger partial charge on any atom is 0.410 e. The molecule has 1 heterocycles. The van der Waals surface area contributed by atoms with Crippen molar-refractivity contribution >= 4 is 29.3 Å². The van der Waals surface area contributed by atoms with Crippen molar-refractivity contribution < 1.29 is 14.3 Å². The zero-order chi connectivity index (χ0) is 19.6. The number of hydrogen-bond donors (Lipinski definition) is 0. The first-order valence-corrected chi connectivity index (χ1v) is 9.45. The summed E-state index contributed by atoms with van der Waals surface area (Å²) in [6.45, 7) is 10.1. The normalized spacial score (nSPS) is 20.1. The molecular weight excluding hydrogens is 373 g/mol. The van der Waals surface area contributed by atoms with Gasteiger partial charge in [0, 0.05) is 18.0 Å². The van der Waals surface area contributed by atoms with E-state index in [-0.39, 0.29) is 18.1 Å². The number of halogens is 2. The number of amides is 1. The number of carbonyl (C=O) groups is 1. The molecule has 2 atom stereocenters. The Morgan fingerprint density at radius 3 is 2.46 bits per heavy atom. The molecule has 144 valence electrons. The van der Waals surface area contributed by atoms with Gasteiger partial charge in [0.05, 0.1) is 23.2 Å². The van der Waals surface area contributed by atoms with Crippen molar-refractivity contribution in [2.45, 2.75) is 58.6 Å². The third-order valence-corrected chi connectivity index (χ3v) is 5.04. The van der Waals surface area contributed by atoms with Gasteiger partial charge in [-0.15, -0.1) is 0 Å². The van der Waals surface area contributed by atoms with E-state index in [9.17, 15) is 4.79 Å². The molecule has 1 aromatic rings. The van der Waals surface area contributed by atoms with Crippen molar-refractivity contribution in [1.29, 1.82) is 0 Å².